The second-order valence-electron chi connectivity index (χ2n) is 5.33. The van der Waals surface area contributed by atoms with Gasteiger partial charge in [-0.3, -0.25) is 0 Å². The highest BCUT2D eigenvalue weighted by Gasteiger charge is 2.36. The first-order valence-corrected chi connectivity index (χ1v) is 8.19. The summed E-state index contributed by atoms with van der Waals surface area (Å²) in [5.41, 5.74) is 5.49. The lowest BCUT2D eigenvalue weighted by Gasteiger charge is -2.37. The van der Waals surface area contributed by atoms with Crippen LogP contribution in [-0.2, 0) is 14.9 Å². The number of hydrogen-bond acceptors (Lipinski definition) is 5. The molecule has 2 fully saturated rings. The largest absolute Gasteiger partial charge is 0.409 e. The third kappa shape index (κ3) is 3.22. The van der Waals surface area contributed by atoms with Crippen molar-refractivity contribution in [3.05, 3.63) is 0 Å². The predicted octanol–water partition coefficient (Wildman–Crippen LogP) is -0.590. The van der Waals surface area contributed by atoms with Gasteiger partial charge in [0.1, 0.15) is 6.10 Å². The number of nitrogens with two attached hydrogens (primary N) is 1. The molecule has 0 spiro atoms. The highest BCUT2D eigenvalue weighted by molar-refractivity contribution is 7.86. The lowest BCUT2D eigenvalue weighted by atomic mass is 10.0. The van der Waals surface area contributed by atoms with Crippen molar-refractivity contribution in [2.45, 2.75) is 25.9 Å². The first-order valence-electron chi connectivity index (χ1n) is 6.79. The molecular formula is C11H22N4O4S. The minimum atomic E-state index is -3.49. The van der Waals surface area contributed by atoms with Crippen molar-refractivity contribution in [3.63, 3.8) is 0 Å². The fourth-order valence-corrected chi connectivity index (χ4v) is 4.09. The zero-order chi connectivity index (χ0) is 14.8. The van der Waals surface area contributed by atoms with E-state index >= 15 is 0 Å². The molecule has 0 radical (unpaired) electrons. The molecule has 9 heteroatoms. The molecule has 116 valence electrons. The second-order valence-corrected chi connectivity index (χ2v) is 7.26. The molecule has 1 atom stereocenters. The fraction of sp³-hybridized carbons (Fsp3) is 0.909. The average molecular weight is 306 g/mol. The minimum Gasteiger partial charge on any atom is -0.409 e. The molecule has 1 unspecified atom stereocenters. The summed E-state index contributed by atoms with van der Waals surface area (Å²) in [6.45, 7) is 3.86. The van der Waals surface area contributed by atoms with Gasteiger partial charge in [0.05, 0.1) is 6.61 Å². The van der Waals surface area contributed by atoms with Crippen LogP contribution in [0.5, 0.6) is 0 Å². The smallest absolute Gasteiger partial charge is 0.282 e. The molecule has 0 amide bonds. The lowest BCUT2D eigenvalue weighted by molar-refractivity contribution is 0.0328. The van der Waals surface area contributed by atoms with Crippen LogP contribution in [0.2, 0.25) is 0 Å². The molecule has 3 N–H and O–H groups in total. The van der Waals surface area contributed by atoms with E-state index in [1.54, 1.807) is 0 Å². The number of ether oxygens (including phenoxy) is 1. The molecule has 0 aliphatic carbocycles. The van der Waals surface area contributed by atoms with Crippen LogP contribution in [0.25, 0.3) is 0 Å². The van der Waals surface area contributed by atoms with Crippen molar-refractivity contribution in [1.29, 1.82) is 0 Å². The van der Waals surface area contributed by atoms with Crippen molar-refractivity contribution in [2.24, 2.45) is 16.8 Å². The molecule has 0 aromatic heterocycles. The van der Waals surface area contributed by atoms with Crippen LogP contribution in [0.3, 0.4) is 0 Å². The summed E-state index contributed by atoms with van der Waals surface area (Å²) in [7, 11) is -3.49. The summed E-state index contributed by atoms with van der Waals surface area (Å²) in [6.07, 6.45) is 1.08. The Labute approximate surface area is 119 Å². The van der Waals surface area contributed by atoms with Gasteiger partial charge in [0.25, 0.3) is 10.2 Å². The third-order valence-corrected chi connectivity index (χ3v) is 5.87. The quantitative estimate of drug-likeness (QED) is 0.313. The zero-order valence-corrected chi connectivity index (χ0v) is 12.4. The number of hydrogen-bond donors (Lipinski definition) is 2. The van der Waals surface area contributed by atoms with Crippen LogP contribution in [0.4, 0.5) is 0 Å². The van der Waals surface area contributed by atoms with Crippen LogP contribution in [0.15, 0.2) is 5.16 Å². The van der Waals surface area contributed by atoms with E-state index in [0.29, 0.717) is 25.6 Å². The highest BCUT2D eigenvalue weighted by atomic mass is 32.2. The topological polar surface area (TPSA) is 108 Å². The molecular weight excluding hydrogens is 284 g/mol. The van der Waals surface area contributed by atoms with Crippen LogP contribution < -0.4 is 5.73 Å². The van der Waals surface area contributed by atoms with Gasteiger partial charge in [0.15, 0.2) is 5.84 Å². The molecule has 0 aromatic rings. The van der Waals surface area contributed by atoms with Gasteiger partial charge >= 0.3 is 0 Å². The van der Waals surface area contributed by atoms with E-state index in [1.807, 2.05) is 0 Å². The molecule has 0 aromatic carbocycles. The number of amidine groups is 1. The summed E-state index contributed by atoms with van der Waals surface area (Å²) in [5.74, 6) is 0.466. The van der Waals surface area contributed by atoms with Gasteiger partial charge in [-0.15, -0.1) is 0 Å². The Kier molecular flexibility index (Phi) is 4.84. The number of morpholine rings is 1. The maximum Gasteiger partial charge on any atom is 0.282 e. The first-order chi connectivity index (χ1) is 9.45. The monoisotopic (exact) mass is 306 g/mol. The van der Waals surface area contributed by atoms with E-state index in [2.05, 4.69) is 12.1 Å². The van der Waals surface area contributed by atoms with Gasteiger partial charge in [0, 0.05) is 26.2 Å². The van der Waals surface area contributed by atoms with Gasteiger partial charge in [0.2, 0.25) is 0 Å². The van der Waals surface area contributed by atoms with Crippen LogP contribution >= 0.6 is 0 Å². The standard InChI is InChI=1S/C11H22N4O4S/c1-9-2-4-14(5-3-9)20(17,18)15-6-7-19-10(8-15)11(12)13-16/h9-10,16H,2-8H2,1H3,(H2,12,13). The van der Waals surface area contributed by atoms with E-state index in [0.717, 1.165) is 12.8 Å². The van der Waals surface area contributed by atoms with Gasteiger partial charge in [-0.1, -0.05) is 12.1 Å². The second kappa shape index (κ2) is 6.25. The number of nitrogens with zero attached hydrogens (tertiary/aromatic N) is 3. The van der Waals surface area contributed by atoms with Crippen LogP contribution in [0.1, 0.15) is 19.8 Å². The summed E-state index contributed by atoms with van der Waals surface area (Å²) in [4.78, 5) is 0. The van der Waals surface area contributed by atoms with E-state index in [-0.39, 0.29) is 19.0 Å². The maximum atomic E-state index is 12.6. The van der Waals surface area contributed by atoms with E-state index in [9.17, 15) is 8.42 Å². The van der Waals surface area contributed by atoms with Crippen molar-refractivity contribution in [3.8, 4) is 0 Å². The molecule has 2 aliphatic rings. The molecule has 0 saturated carbocycles. The molecule has 2 aliphatic heterocycles. The first kappa shape index (κ1) is 15.5. The van der Waals surface area contributed by atoms with E-state index < -0.39 is 16.3 Å². The van der Waals surface area contributed by atoms with Crippen LogP contribution in [-0.4, -0.2) is 67.0 Å². The molecule has 20 heavy (non-hydrogen) atoms. The summed E-state index contributed by atoms with van der Waals surface area (Å²) in [6, 6.07) is 0. The van der Waals surface area contributed by atoms with Gasteiger partial charge in [-0.2, -0.15) is 17.0 Å². The van der Waals surface area contributed by atoms with Crippen molar-refractivity contribution in [1.82, 2.24) is 8.61 Å². The van der Waals surface area contributed by atoms with Gasteiger partial charge in [-0.05, 0) is 18.8 Å². The number of rotatable bonds is 3. The Morgan fingerprint density at radius 3 is 2.55 bits per heavy atom. The maximum absolute atomic E-state index is 12.6. The zero-order valence-electron chi connectivity index (χ0n) is 11.6. The van der Waals surface area contributed by atoms with Crippen LogP contribution in [0, 0.1) is 5.92 Å². The Morgan fingerprint density at radius 2 is 1.95 bits per heavy atom. The van der Waals surface area contributed by atoms with E-state index in [1.165, 1.54) is 8.61 Å². The number of piperidine rings is 1. The van der Waals surface area contributed by atoms with Gasteiger partial charge < -0.3 is 15.7 Å². The fourth-order valence-electron chi connectivity index (χ4n) is 2.46. The highest BCUT2D eigenvalue weighted by Crippen LogP contribution is 2.22. The van der Waals surface area contributed by atoms with Gasteiger partial charge in [-0.25, -0.2) is 0 Å². The molecule has 0 bridgehead atoms. The summed E-state index contributed by atoms with van der Waals surface area (Å²) >= 11 is 0. The average Bonchev–Trinajstić information content (AvgIpc) is 2.47. The Hall–Kier alpha value is -0.900. The van der Waals surface area contributed by atoms with Crippen molar-refractivity contribution >= 4 is 16.0 Å². The summed E-state index contributed by atoms with van der Waals surface area (Å²) < 4.78 is 33.3. The normalized spacial score (nSPS) is 28.6. The Bertz CT molecular complexity index is 459. The van der Waals surface area contributed by atoms with Crippen molar-refractivity contribution in [2.75, 3.05) is 32.8 Å². The molecule has 2 heterocycles. The molecule has 8 nitrogen and oxygen atoms in total. The molecule has 2 rings (SSSR count). The number of oxime groups is 1. The summed E-state index contributed by atoms with van der Waals surface area (Å²) in [5, 5.41) is 11.5. The predicted molar refractivity (Wildman–Crippen MR) is 73.6 cm³/mol. The lowest BCUT2D eigenvalue weighted by Crippen LogP contribution is -2.55. The molecule has 2 saturated heterocycles. The third-order valence-electron chi connectivity index (χ3n) is 3.87. The van der Waals surface area contributed by atoms with E-state index in [4.69, 9.17) is 15.7 Å². The van der Waals surface area contributed by atoms with Crippen molar-refractivity contribution < 1.29 is 18.4 Å². The SMILES string of the molecule is CC1CCN(S(=O)(=O)N2CCOC(C(N)=NO)C2)CC1. The Morgan fingerprint density at radius 1 is 1.30 bits per heavy atom. The minimum absolute atomic E-state index is 0.0876. The Balaban J connectivity index is 2.05.